The van der Waals surface area contributed by atoms with Crippen LogP contribution in [0.1, 0.15) is 47.0 Å². The first-order valence-electron chi connectivity index (χ1n) is 10.8. The molecule has 1 amide bonds. The second kappa shape index (κ2) is 11.0. The number of carbonyl (C=O) groups is 2. The number of Topliss-reactive ketones (excluding diaryl/α,β-unsaturated/α-hetero) is 1. The number of amides is 1. The molecule has 2 atom stereocenters. The molecule has 0 bridgehead atoms. The van der Waals surface area contributed by atoms with E-state index in [-0.39, 0.29) is 28.6 Å². The van der Waals surface area contributed by atoms with Gasteiger partial charge in [0.2, 0.25) is 5.91 Å². The van der Waals surface area contributed by atoms with Crippen molar-refractivity contribution in [2.75, 3.05) is 5.32 Å². The van der Waals surface area contributed by atoms with Crippen molar-refractivity contribution >= 4 is 29.1 Å². The van der Waals surface area contributed by atoms with Crippen molar-refractivity contribution in [2.24, 2.45) is 0 Å². The van der Waals surface area contributed by atoms with Crippen molar-refractivity contribution in [3.05, 3.63) is 102 Å². The van der Waals surface area contributed by atoms with Crippen molar-refractivity contribution in [3.8, 4) is 5.75 Å². The Morgan fingerprint density at radius 1 is 1.00 bits per heavy atom. The van der Waals surface area contributed by atoms with E-state index in [9.17, 15) is 14.0 Å². The number of benzene rings is 3. The molecule has 1 aromatic heterocycles. The van der Waals surface area contributed by atoms with Crippen LogP contribution in [0, 0.1) is 5.82 Å². The van der Waals surface area contributed by atoms with Crippen LogP contribution in [0.5, 0.6) is 5.75 Å². The summed E-state index contributed by atoms with van der Waals surface area (Å²) in [6, 6.07) is 21.6. The number of nitrogens with zero attached hydrogens (tertiary/aromatic N) is 2. The molecule has 0 unspecified atom stereocenters. The monoisotopic (exact) mass is 491 g/mol. The summed E-state index contributed by atoms with van der Waals surface area (Å²) in [5, 5.41) is 10.5. The van der Waals surface area contributed by atoms with Crippen LogP contribution in [-0.4, -0.2) is 21.9 Å². The van der Waals surface area contributed by atoms with E-state index in [0.717, 1.165) is 17.3 Å². The first kappa shape index (κ1) is 24.2. The molecule has 1 N–H and O–H groups in total. The van der Waals surface area contributed by atoms with Gasteiger partial charge in [-0.3, -0.25) is 9.59 Å². The molecule has 0 aliphatic rings. The molecule has 4 aromatic rings. The maximum atomic E-state index is 13.2. The third-order valence-electron chi connectivity index (χ3n) is 4.99. The Balaban J connectivity index is 1.51. The second-order valence-corrected chi connectivity index (χ2v) is 8.71. The summed E-state index contributed by atoms with van der Waals surface area (Å²) in [6.07, 6.45) is -0.583. The standard InChI is InChI=1S/C26H22FN3O4S/c1-16(31)19-9-6-10-21(15-19)28-24(32)23(18-7-4-3-5-8-18)35-26-30-29-25(34-26)17(2)33-22-13-11-20(27)12-14-22/h3-15,17,23H,1-2H3,(H,28,32)/t17-,23-/m0/s1. The Hall–Kier alpha value is -3.98. The van der Waals surface area contributed by atoms with E-state index in [1.807, 2.05) is 30.3 Å². The number of rotatable bonds is 9. The highest BCUT2D eigenvalue weighted by molar-refractivity contribution is 8.00. The zero-order valence-corrected chi connectivity index (χ0v) is 19.8. The van der Waals surface area contributed by atoms with Gasteiger partial charge in [-0.1, -0.05) is 42.5 Å². The topological polar surface area (TPSA) is 94.3 Å². The molecule has 3 aromatic carbocycles. The lowest BCUT2D eigenvalue weighted by atomic mass is 10.1. The number of ether oxygens (including phenoxy) is 1. The molecule has 0 aliphatic heterocycles. The van der Waals surface area contributed by atoms with Crippen molar-refractivity contribution in [1.82, 2.24) is 10.2 Å². The normalized spacial score (nSPS) is 12.5. The zero-order chi connectivity index (χ0) is 24.8. The van der Waals surface area contributed by atoms with Gasteiger partial charge in [0.05, 0.1) is 0 Å². The fraction of sp³-hybridized carbons (Fsp3) is 0.154. The molecule has 0 saturated carbocycles. The van der Waals surface area contributed by atoms with Gasteiger partial charge in [0.15, 0.2) is 11.9 Å². The van der Waals surface area contributed by atoms with Gasteiger partial charge in [-0.2, -0.15) is 0 Å². The lowest BCUT2D eigenvalue weighted by Gasteiger charge is -2.15. The number of hydrogen-bond donors (Lipinski definition) is 1. The maximum absolute atomic E-state index is 13.2. The zero-order valence-electron chi connectivity index (χ0n) is 19.0. The first-order chi connectivity index (χ1) is 16.9. The lowest BCUT2D eigenvalue weighted by molar-refractivity contribution is -0.115. The van der Waals surface area contributed by atoms with Crippen molar-refractivity contribution < 1.29 is 23.1 Å². The van der Waals surface area contributed by atoms with Crippen LogP contribution >= 0.6 is 11.8 Å². The molecule has 0 saturated heterocycles. The van der Waals surface area contributed by atoms with Gasteiger partial charge in [0.1, 0.15) is 16.8 Å². The summed E-state index contributed by atoms with van der Waals surface area (Å²) in [4.78, 5) is 24.9. The molecule has 7 nitrogen and oxygen atoms in total. The van der Waals surface area contributed by atoms with Crippen LogP contribution in [0.25, 0.3) is 0 Å². The van der Waals surface area contributed by atoms with Crippen LogP contribution in [0.2, 0.25) is 0 Å². The Morgan fingerprint density at radius 3 is 2.46 bits per heavy atom. The van der Waals surface area contributed by atoms with E-state index in [0.29, 0.717) is 17.0 Å². The number of ketones is 1. The number of aromatic nitrogens is 2. The summed E-state index contributed by atoms with van der Waals surface area (Å²) in [6.45, 7) is 3.20. The van der Waals surface area contributed by atoms with Gasteiger partial charge in [-0.15, -0.1) is 10.2 Å². The van der Waals surface area contributed by atoms with Gasteiger partial charge in [0.25, 0.3) is 11.1 Å². The third-order valence-corrected chi connectivity index (χ3v) is 6.08. The Labute approximate surface area is 205 Å². The van der Waals surface area contributed by atoms with E-state index in [2.05, 4.69) is 15.5 Å². The molecule has 0 spiro atoms. The average Bonchev–Trinajstić information content (AvgIpc) is 3.33. The van der Waals surface area contributed by atoms with E-state index in [1.165, 1.54) is 31.2 Å². The molecule has 4 rings (SSSR count). The van der Waals surface area contributed by atoms with Crippen molar-refractivity contribution in [1.29, 1.82) is 0 Å². The predicted octanol–water partition coefficient (Wildman–Crippen LogP) is 6.02. The van der Waals surface area contributed by atoms with Crippen LogP contribution < -0.4 is 10.1 Å². The van der Waals surface area contributed by atoms with E-state index in [1.54, 1.807) is 31.2 Å². The quantitative estimate of drug-likeness (QED) is 0.226. The third kappa shape index (κ3) is 6.33. The molecule has 1 heterocycles. The lowest BCUT2D eigenvalue weighted by Crippen LogP contribution is -2.19. The largest absolute Gasteiger partial charge is 0.481 e. The Kier molecular flexibility index (Phi) is 7.57. The fourth-order valence-electron chi connectivity index (χ4n) is 3.23. The van der Waals surface area contributed by atoms with Crippen molar-refractivity contribution in [2.45, 2.75) is 30.4 Å². The van der Waals surface area contributed by atoms with E-state index >= 15 is 0 Å². The summed E-state index contributed by atoms with van der Waals surface area (Å²) < 4.78 is 24.6. The maximum Gasteiger partial charge on any atom is 0.277 e. The van der Waals surface area contributed by atoms with E-state index in [4.69, 9.17) is 9.15 Å². The predicted molar refractivity (Wildman–Crippen MR) is 130 cm³/mol. The van der Waals surface area contributed by atoms with Gasteiger partial charge >= 0.3 is 0 Å². The molecule has 9 heteroatoms. The highest BCUT2D eigenvalue weighted by Gasteiger charge is 2.26. The van der Waals surface area contributed by atoms with Gasteiger partial charge < -0.3 is 14.5 Å². The summed E-state index contributed by atoms with van der Waals surface area (Å²) in [5.41, 5.74) is 1.76. The number of carbonyl (C=O) groups excluding carboxylic acids is 2. The van der Waals surface area contributed by atoms with Crippen LogP contribution in [0.15, 0.2) is 88.5 Å². The number of thioether (sulfide) groups is 1. The Morgan fingerprint density at radius 2 is 1.74 bits per heavy atom. The van der Waals surface area contributed by atoms with Gasteiger partial charge in [-0.25, -0.2) is 4.39 Å². The first-order valence-corrected chi connectivity index (χ1v) is 11.7. The minimum atomic E-state index is -0.696. The molecule has 35 heavy (non-hydrogen) atoms. The van der Waals surface area contributed by atoms with Gasteiger partial charge in [-0.05, 0) is 67.6 Å². The molecular weight excluding hydrogens is 469 g/mol. The second-order valence-electron chi connectivity index (χ2n) is 7.66. The average molecular weight is 492 g/mol. The van der Waals surface area contributed by atoms with E-state index < -0.39 is 11.4 Å². The fourth-order valence-corrected chi connectivity index (χ4v) is 4.11. The number of anilines is 1. The minimum absolute atomic E-state index is 0.0922. The van der Waals surface area contributed by atoms with Crippen molar-refractivity contribution in [3.63, 3.8) is 0 Å². The minimum Gasteiger partial charge on any atom is -0.481 e. The van der Waals surface area contributed by atoms with Gasteiger partial charge in [0, 0.05) is 11.3 Å². The van der Waals surface area contributed by atoms with Crippen LogP contribution in [0.3, 0.4) is 0 Å². The number of hydrogen-bond acceptors (Lipinski definition) is 7. The molecule has 178 valence electrons. The molecule has 0 radical (unpaired) electrons. The molecule has 0 fully saturated rings. The molecule has 0 aliphatic carbocycles. The SMILES string of the molecule is CC(=O)c1cccc(NC(=O)[C@@H](Sc2nnc([C@H](C)Oc3ccc(F)cc3)o2)c2ccccc2)c1. The highest BCUT2D eigenvalue weighted by Crippen LogP contribution is 2.36. The smallest absolute Gasteiger partial charge is 0.277 e. The number of halogens is 1. The summed E-state index contributed by atoms with van der Waals surface area (Å²) >= 11 is 1.10. The van der Waals surface area contributed by atoms with Crippen LogP contribution in [-0.2, 0) is 4.79 Å². The Bertz CT molecular complexity index is 1310. The summed E-state index contributed by atoms with van der Waals surface area (Å²) in [5.74, 6) is -0.0821. The summed E-state index contributed by atoms with van der Waals surface area (Å²) in [7, 11) is 0. The molecular formula is C26H22FN3O4S. The number of nitrogens with one attached hydrogen (secondary N) is 1. The highest BCUT2D eigenvalue weighted by atomic mass is 32.2. The van der Waals surface area contributed by atoms with Crippen LogP contribution in [0.4, 0.5) is 10.1 Å².